The van der Waals surface area contributed by atoms with Crippen molar-refractivity contribution in [3.8, 4) is 0 Å². The van der Waals surface area contributed by atoms with Gasteiger partial charge in [-0.15, -0.1) is 0 Å². The molecule has 1 saturated heterocycles. The third kappa shape index (κ3) is 2.77. The molecule has 0 aliphatic carbocycles. The van der Waals surface area contributed by atoms with Gasteiger partial charge in [0.15, 0.2) is 0 Å². The largest absolute Gasteiger partial charge is 0.304 e. The molecule has 0 aromatic carbocycles. The van der Waals surface area contributed by atoms with Crippen molar-refractivity contribution in [1.82, 2.24) is 15.2 Å². The fourth-order valence-electron chi connectivity index (χ4n) is 1.25. The Hall–Kier alpha value is -0.650. The minimum atomic E-state index is -0.112. The number of hydrogen-bond acceptors (Lipinski definition) is 4. The molecule has 0 bridgehead atoms. The van der Waals surface area contributed by atoms with Gasteiger partial charge < -0.3 is 4.90 Å². The Bertz CT molecular complexity index is 153. The van der Waals surface area contributed by atoms with Crippen LogP contribution in [0.3, 0.4) is 0 Å². The monoisotopic (exact) mass is 176 g/mol. The SMILES string of the molecule is CN1CCN([13CH2][13C](=[18O])NN)CC1. The lowest BCUT2D eigenvalue weighted by molar-refractivity contribution is -0.122. The first kappa shape index (κ1) is 9.44. The Morgan fingerprint density at radius 1 is 1.42 bits per heavy atom. The van der Waals surface area contributed by atoms with Gasteiger partial charge in [0.1, 0.15) is 0 Å². The first-order valence-electron chi connectivity index (χ1n) is 4.12. The standard InChI is InChI=1S/C7H16N4O/c1-10-2-4-11(5-3-10)6-7(12)9-8/h2-6,8H2,1H3,(H,9,12)/i6+1,7+1,12+2. The number of likely N-dealkylation sites (N-methyl/N-ethyl adjacent to an activating group) is 1. The minimum Gasteiger partial charge on any atom is -0.304 e. The summed E-state index contributed by atoms with van der Waals surface area (Å²) in [5, 5.41) is 0. The summed E-state index contributed by atoms with van der Waals surface area (Å²) >= 11 is 0. The van der Waals surface area contributed by atoms with Crippen LogP contribution in [0.2, 0.25) is 0 Å². The number of nitrogens with one attached hydrogen (secondary N) is 1. The van der Waals surface area contributed by atoms with Gasteiger partial charge in [0, 0.05) is 26.2 Å². The number of hydrazine groups is 1. The van der Waals surface area contributed by atoms with E-state index in [0.717, 1.165) is 26.2 Å². The van der Waals surface area contributed by atoms with Gasteiger partial charge >= 0.3 is 0 Å². The van der Waals surface area contributed by atoms with Crippen LogP contribution in [0.15, 0.2) is 0 Å². The maximum absolute atomic E-state index is 10.9. The van der Waals surface area contributed by atoms with E-state index in [9.17, 15) is 4.79 Å². The van der Waals surface area contributed by atoms with Gasteiger partial charge in [0.25, 0.3) is 0 Å². The van der Waals surface area contributed by atoms with Crippen molar-refractivity contribution in [1.29, 1.82) is 0 Å². The van der Waals surface area contributed by atoms with Crippen molar-refractivity contribution in [2.75, 3.05) is 39.8 Å². The topological polar surface area (TPSA) is 61.6 Å². The van der Waals surface area contributed by atoms with E-state index in [2.05, 4.69) is 22.3 Å². The Morgan fingerprint density at radius 3 is 2.50 bits per heavy atom. The maximum Gasteiger partial charge on any atom is 0.248 e. The Morgan fingerprint density at radius 2 is 2.00 bits per heavy atom. The van der Waals surface area contributed by atoms with Gasteiger partial charge in [0.2, 0.25) is 5.91 Å². The van der Waals surface area contributed by atoms with Gasteiger partial charge in [-0.25, -0.2) is 5.84 Å². The molecular formula is C7H16N4O. The number of rotatable bonds is 2. The third-order valence-corrected chi connectivity index (χ3v) is 2.12. The van der Waals surface area contributed by atoms with Gasteiger partial charge in [0.05, 0.1) is 6.54 Å². The van der Waals surface area contributed by atoms with E-state index in [4.69, 9.17) is 5.84 Å². The van der Waals surface area contributed by atoms with E-state index in [0.29, 0.717) is 6.54 Å². The number of hydrogen-bond donors (Lipinski definition) is 2. The average Bonchev–Trinajstić information content (AvgIpc) is 2.09. The van der Waals surface area contributed by atoms with Gasteiger partial charge in [-0.05, 0) is 7.05 Å². The minimum absolute atomic E-state index is 0.112. The van der Waals surface area contributed by atoms with Crippen molar-refractivity contribution < 1.29 is 4.79 Å². The van der Waals surface area contributed by atoms with E-state index in [-0.39, 0.29) is 5.91 Å². The molecule has 1 rings (SSSR count). The summed E-state index contributed by atoms with van der Waals surface area (Å²) in [4.78, 5) is 15.2. The third-order valence-electron chi connectivity index (χ3n) is 2.12. The lowest BCUT2D eigenvalue weighted by Crippen LogP contribution is -2.49. The molecule has 5 heteroatoms. The van der Waals surface area contributed by atoms with Crippen LogP contribution in [0.5, 0.6) is 0 Å². The molecule has 5 nitrogen and oxygen atoms in total. The Balaban J connectivity index is 2.21. The highest BCUT2D eigenvalue weighted by molar-refractivity contribution is 5.77. The second kappa shape index (κ2) is 4.39. The second-order valence-electron chi connectivity index (χ2n) is 3.15. The van der Waals surface area contributed by atoms with Crippen molar-refractivity contribution in [2.45, 2.75) is 0 Å². The molecule has 1 aliphatic rings. The number of carbonyl (C=O) groups excluding carboxylic acids is 1. The van der Waals surface area contributed by atoms with Gasteiger partial charge in [-0.3, -0.25) is 15.1 Å². The lowest BCUT2D eigenvalue weighted by Gasteiger charge is -2.31. The van der Waals surface area contributed by atoms with E-state index < -0.39 is 0 Å². The van der Waals surface area contributed by atoms with Crippen molar-refractivity contribution in [3.63, 3.8) is 0 Å². The predicted molar refractivity (Wildman–Crippen MR) is 46.3 cm³/mol. The molecule has 0 atom stereocenters. The van der Waals surface area contributed by atoms with Crippen LogP contribution in [-0.2, 0) is 4.79 Å². The molecular weight excluding hydrogens is 160 g/mol. The predicted octanol–water partition coefficient (Wildman–Crippen LogP) is -1.78. The van der Waals surface area contributed by atoms with Crippen molar-refractivity contribution in [3.05, 3.63) is 0 Å². The number of carbonyl (C=O) groups is 1. The second-order valence-corrected chi connectivity index (χ2v) is 3.15. The van der Waals surface area contributed by atoms with Crippen LogP contribution in [0.1, 0.15) is 0 Å². The molecule has 0 aromatic rings. The quantitative estimate of drug-likeness (QED) is 0.172. The highest BCUT2D eigenvalue weighted by Crippen LogP contribution is 1.97. The van der Waals surface area contributed by atoms with Gasteiger partial charge in [-0.2, -0.15) is 0 Å². The summed E-state index contributed by atoms with van der Waals surface area (Å²) in [7, 11) is 2.08. The zero-order valence-electron chi connectivity index (χ0n) is 7.42. The molecule has 1 aliphatic heterocycles. The Labute approximate surface area is 72.5 Å². The molecule has 3 N–H and O–H groups in total. The van der Waals surface area contributed by atoms with Crippen LogP contribution in [0.25, 0.3) is 0 Å². The summed E-state index contributed by atoms with van der Waals surface area (Å²) < 4.78 is 0. The molecule has 1 amide bonds. The summed E-state index contributed by atoms with van der Waals surface area (Å²) in [6.07, 6.45) is 0. The fourth-order valence-corrected chi connectivity index (χ4v) is 1.25. The van der Waals surface area contributed by atoms with Gasteiger partial charge in [-0.1, -0.05) is 0 Å². The molecule has 0 aromatic heterocycles. The lowest BCUT2D eigenvalue weighted by atomic mass is 10.4. The molecule has 1 heterocycles. The number of nitrogens with zero attached hydrogens (tertiary/aromatic N) is 2. The van der Waals surface area contributed by atoms with Crippen molar-refractivity contribution in [2.24, 2.45) is 5.84 Å². The number of amides is 1. The molecule has 0 radical (unpaired) electrons. The Kier molecular flexibility index (Phi) is 3.46. The summed E-state index contributed by atoms with van der Waals surface area (Å²) in [6.45, 7) is 4.37. The average molecular weight is 176 g/mol. The van der Waals surface area contributed by atoms with E-state index in [1.165, 1.54) is 0 Å². The normalized spacial score (nSPS) is 20.8. The van der Waals surface area contributed by atoms with Crippen LogP contribution in [0.4, 0.5) is 0 Å². The molecule has 0 unspecified atom stereocenters. The fraction of sp³-hybridized carbons (Fsp3) is 0.857. The number of nitrogens with two attached hydrogens (primary N) is 1. The summed E-state index contributed by atoms with van der Waals surface area (Å²) in [6, 6.07) is 0. The first-order chi connectivity index (χ1) is 5.72. The van der Waals surface area contributed by atoms with E-state index in [1.54, 1.807) is 0 Å². The molecule has 70 valence electrons. The smallest absolute Gasteiger partial charge is 0.248 e. The summed E-state index contributed by atoms with van der Waals surface area (Å²) in [5.74, 6) is 4.87. The molecule has 0 spiro atoms. The van der Waals surface area contributed by atoms with Crippen LogP contribution < -0.4 is 11.3 Å². The van der Waals surface area contributed by atoms with Crippen molar-refractivity contribution >= 4 is 5.91 Å². The molecule has 1 fully saturated rings. The van der Waals surface area contributed by atoms with Crippen LogP contribution in [-0.4, -0.2) is 55.5 Å². The first-order valence-corrected chi connectivity index (χ1v) is 4.12. The molecule has 0 saturated carbocycles. The summed E-state index contributed by atoms with van der Waals surface area (Å²) in [5.41, 5.74) is 2.13. The highest BCUT2D eigenvalue weighted by Gasteiger charge is 2.15. The zero-order valence-corrected chi connectivity index (χ0v) is 7.42. The highest BCUT2D eigenvalue weighted by atomic mass is 18.1. The van der Waals surface area contributed by atoms with Crippen LogP contribution in [0, 0.1) is 0 Å². The maximum atomic E-state index is 10.9. The van der Waals surface area contributed by atoms with Crippen LogP contribution >= 0.6 is 0 Å². The van der Waals surface area contributed by atoms with E-state index in [1.807, 2.05) is 0 Å². The molecule has 12 heavy (non-hydrogen) atoms. The van der Waals surface area contributed by atoms with E-state index >= 15 is 0 Å². The zero-order chi connectivity index (χ0) is 8.97. The number of piperazine rings is 1.